The number of piperidine rings is 1. The normalized spacial score (nSPS) is 25.8. The van der Waals surface area contributed by atoms with E-state index >= 15 is 0 Å². The van der Waals surface area contributed by atoms with Gasteiger partial charge in [0, 0.05) is 18.5 Å². The summed E-state index contributed by atoms with van der Waals surface area (Å²) in [4.78, 5) is 27.7. The molecule has 1 saturated heterocycles. The van der Waals surface area contributed by atoms with Crippen molar-refractivity contribution in [3.05, 3.63) is 35.9 Å². The summed E-state index contributed by atoms with van der Waals surface area (Å²) in [5.74, 6) is -0.629. The summed E-state index contributed by atoms with van der Waals surface area (Å²) >= 11 is 0. The van der Waals surface area contributed by atoms with E-state index in [1.165, 1.54) is 0 Å². The molecule has 1 aromatic carbocycles. The van der Waals surface area contributed by atoms with Crippen molar-refractivity contribution in [2.24, 2.45) is 11.3 Å². The van der Waals surface area contributed by atoms with Crippen molar-refractivity contribution in [3.63, 3.8) is 0 Å². The third kappa shape index (κ3) is 5.10. The third-order valence-corrected chi connectivity index (χ3v) is 5.41. The van der Waals surface area contributed by atoms with Crippen molar-refractivity contribution in [2.45, 2.75) is 65.6 Å². The second-order valence-electron chi connectivity index (χ2n) is 9.21. The predicted octanol–water partition coefficient (Wildman–Crippen LogP) is 3.83. The van der Waals surface area contributed by atoms with E-state index in [-0.39, 0.29) is 18.9 Å². The van der Waals surface area contributed by atoms with Gasteiger partial charge >= 0.3 is 6.09 Å². The highest BCUT2D eigenvalue weighted by Gasteiger charge is 2.51. The van der Waals surface area contributed by atoms with Gasteiger partial charge in [0.15, 0.2) is 0 Å². The minimum atomic E-state index is -1.17. The molecule has 1 aromatic rings. The van der Waals surface area contributed by atoms with E-state index < -0.39 is 28.6 Å². The van der Waals surface area contributed by atoms with E-state index in [0.29, 0.717) is 12.8 Å². The van der Waals surface area contributed by atoms with Gasteiger partial charge in [-0.2, -0.15) is 0 Å². The van der Waals surface area contributed by atoms with Gasteiger partial charge in [0.2, 0.25) is 0 Å². The lowest BCUT2D eigenvalue weighted by Crippen LogP contribution is -2.61. The first-order chi connectivity index (χ1) is 12.4. The van der Waals surface area contributed by atoms with Gasteiger partial charge in [0.1, 0.15) is 11.4 Å². The summed E-state index contributed by atoms with van der Waals surface area (Å²) in [6.07, 6.45) is 0.515. The van der Waals surface area contributed by atoms with E-state index in [1.807, 2.05) is 65.0 Å². The van der Waals surface area contributed by atoms with E-state index in [1.54, 1.807) is 11.8 Å². The number of Topliss-reactive ketones (excluding diaryl/α,β-unsaturated/α-hetero) is 1. The molecule has 0 bridgehead atoms. The zero-order valence-electron chi connectivity index (χ0n) is 17.4. The van der Waals surface area contributed by atoms with Crippen molar-refractivity contribution in [1.82, 2.24) is 4.90 Å². The number of amides is 1. The number of benzene rings is 1. The molecule has 0 aliphatic carbocycles. The van der Waals surface area contributed by atoms with Gasteiger partial charge in [-0.05, 0) is 46.1 Å². The number of carbonyl (C=O) groups is 2. The van der Waals surface area contributed by atoms with Crippen molar-refractivity contribution in [3.8, 4) is 0 Å². The van der Waals surface area contributed by atoms with Gasteiger partial charge in [-0.25, -0.2) is 4.79 Å². The van der Waals surface area contributed by atoms with Crippen molar-refractivity contribution in [2.75, 3.05) is 13.1 Å². The molecule has 3 atom stereocenters. The Labute approximate surface area is 162 Å². The number of ketones is 1. The van der Waals surface area contributed by atoms with Crippen LogP contribution in [-0.2, 0) is 16.0 Å². The maximum Gasteiger partial charge on any atom is 0.410 e. The summed E-state index contributed by atoms with van der Waals surface area (Å²) in [5, 5.41) is 10.8. The summed E-state index contributed by atoms with van der Waals surface area (Å²) in [5.41, 5.74) is -1.53. The monoisotopic (exact) mass is 375 g/mol. The molecule has 0 spiro atoms. The van der Waals surface area contributed by atoms with E-state index in [0.717, 1.165) is 5.56 Å². The highest BCUT2D eigenvalue weighted by atomic mass is 16.6. The number of carbonyl (C=O) groups excluding carboxylic acids is 2. The van der Waals surface area contributed by atoms with Crippen LogP contribution in [0.5, 0.6) is 0 Å². The number of nitrogens with zero attached hydrogens (tertiary/aromatic N) is 1. The molecule has 1 aliphatic rings. The topological polar surface area (TPSA) is 66.8 Å². The molecule has 0 aromatic heterocycles. The van der Waals surface area contributed by atoms with Crippen LogP contribution < -0.4 is 0 Å². The Morgan fingerprint density at radius 3 is 2.37 bits per heavy atom. The van der Waals surface area contributed by atoms with Crippen LogP contribution in [-0.4, -0.2) is 46.2 Å². The molecular weight excluding hydrogens is 342 g/mol. The molecule has 5 heteroatoms. The fraction of sp³-hybridized carbons (Fsp3) is 0.636. The first kappa shape index (κ1) is 21.4. The van der Waals surface area contributed by atoms with E-state index in [4.69, 9.17) is 4.74 Å². The minimum Gasteiger partial charge on any atom is -0.444 e. The van der Waals surface area contributed by atoms with Gasteiger partial charge in [0.05, 0.1) is 11.5 Å². The first-order valence-electron chi connectivity index (χ1n) is 9.66. The predicted molar refractivity (Wildman–Crippen MR) is 105 cm³/mol. The smallest absolute Gasteiger partial charge is 0.410 e. The van der Waals surface area contributed by atoms with Crippen molar-refractivity contribution < 1.29 is 19.4 Å². The molecule has 27 heavy (non-hydrogen) atoms. The SMILES string of the molecule is CCC(C)(O)C1CN(C(=O)OC(C)(C)C)CC(C)(Cc2ccccc2)C1=O. The van der Waals surface area contributed by atoms with Crippen LogP contribution in [0.4, 0.5) is 4.79 Å². The quantitative estimate of drug-likeness (QED) is 0.868. The lowest BCUT2D eigenvalue weighted by atomic mass is 9.67. The van der Waals surface area contributed by atoms with Gasteiger partial charge in [0.25, 0.3) is 0 Å². The molecule has 0 radical (unpaired) electrons. The average Bonchev–Trinajstić information content (AvgIpc) is 2.56. The van der Waals surface area contributed by atoms with Crippen molar-refractivity contribution >= 4 is 11.9 Å². The summed E-state index contributed by atoms with van der Waals surface area (Å²) in [7, 11) is 0. The number of hydrogen-bond donors (Lipinski definition) is 1. The van der Waals surface area contributed by atoms with E-state index in [9.17, 15) is 14.7 Å². The second-order valence-corrected chi connectivity index (χ2v) is 9.21. The summed E-state index contributed by atoms with van der Waals surface area (Å²) in [6, 6.07) is 9.79. The molecule has 3 unspecified atom stereocenters. The largest absolute Gasteiger partial charge is 0.444 e. The van der Waals surface area contributed by atoms with Crippen LogP contribution in [0.15, 0.2) is 30.3 Å². The molecule has 0 saturated carbocycles. The van der Waals surface area contributed by atoms with Crippen LogP contribution in [0.2, 0.25) is 0 Å². The van der Waals surface area contributed by atoms with Gasteiger partial charge in [-0.15, -0.1) is 0 Å². The zero-order chi connectivity index (χ0) is 20.5. The Hall–Kier alpha value is -1.88. The lowest BCUT2D eigenvalue weighted by Gasteiger charge is -2.47. The maximum atomic E-state index is 13.4. The fourth-order valence-electron chi connectivity index (χ4n) is 3.67. The molecule has 1 amide bonds. The zero-order valence-corrected chi connectivity index (χ0v) is 17.4. The van der Waals surface area contributed by atoms with E-state index in [2.05, 4.69) is 0 Å². The van der Waals surface area contributed by atoms with Crippen LogP contribution in [0.25, 0.3) is 0 Å². The Bertz CT molecular complexity index is 677. The van der Waals surface area contributed by atoms with Crippen LogP contribution in [0.1, 0.15) is 53.5 Å². The Morgan fingerprint density at radius 2 is 1.85 bits per heavy atom. The Kier molecular flexibility index (Phi) is 6.05. The van der Waals surface area contributed by atoms with Crippen LogP contribution in [0.3, 0.4) is 0 Å². The van der Waals surface area contributed by atoms with Gasteiger partial charge in [-0.3, -0.25) is 4.79 Å². The van der Waals surface area contributed by atoms with Crippen LogP contribution >= 0.6 is 0 Å². The summed E-state index contributed by atoms with van der Waals surface area (Å²) in [6.45, 7) is 11.3. The Morgan fingerprint density at radius 1 is 1.26 bits per heavy atom. The van der Waals surface area contributed by atoms with Crippen LogP contribution in [0, 0.1) is 11.3 Å². The number of rotatable bonds is 4. The molecule has 150 valence electrons. The van der Waals surface area contributed by atoms with Crippen molar-refractivity contribution in [1.29, 1.82) is 0 Å². The van der Waals surface area contributed by atoms with Gasteiger partial charge in [-0.1, -0.05) is 44.2 Å². The van der Waals surface area contributed by atoms with Gasteiger partial charge < -0.3 is 14.7 Å². The number of hydrogen-bond acceptors (Lipinski definition) is 4. The fourth-order valence-corrected chi connectivity index (χ4v) is 3.67. The summed E-state index contributed by atoms with van der Waals surface area (Å²) < 4.78 is 5.54. The minimum absolute atomic E-state index is 0.0120. The average molecular weight is 376 g/mol. The second kappa shape index (κ2) is 7.63. The molecular formula is C22H33NO4. The molecule has 1 heterocycles. The lowest BCUT2D eigenvalue weighted by molar-refractivity contribution is -0.149. The Balaban J connectivity index is 2.36. The number of aliphatic hydroxyl groups is 1. The molecule has 1 N–H and O–H groups in total. The standard InChI is InChI=1S/C22H33NO4/c1-7-22(6,26)17-14-23(19(25)27-20(2,3)4)15-21(5,18(17)24)13-16-11-9-8-10-12-16/h8-12,17,26H,7,13-15H2,1-6H3. The molecule has 1 aliphatic heterocycles. The molecule has 5 nitrogen and oxygen atoms in total. The highest BCUT2D eigenvalue weighted by molar-refractivity contribution is 5.90. The third-order valence-electron chi connectivity index (χ3n) is 5.41. The number of likely N-dealkylation sites (tertiary alicyclic amines) is 1. The maximum absolute atomic E-state index is 13.4. The number of ether oxygens (including phenoxy) is 1. The molecule has 1 fully saturated rings. The first-order valence-corrected chi connectivity index (χ1v) is 9.66. The highest BCUT2D eigenvalue weighted by Crippen LogP contribution is 2.38. The molecule has 2 rings (SSSR count).